The second kappa shape index (κ2) is 3.27. The summed E-state index contributed by atoms with van der Waals surface area (Å²) in [5.41, 5.74) is 0.154. The topological polar surface area (TPSA) is 58.3 Å². The van der Waals surface area contributed by atoms with E-state index in [1.165, 1.54) is 18.3 Å². The summed E-state index contributed by atoms with van der Waals surface area (Å²) in [6, 6.07) is 2.82. The standard InChI is InChI=1S/C8H8BClN2O2/c1-12-6-4-11-8(10)3-5(6)2-7(12)9(13)14/h2-4,13-14H,1H3/i1D3. The van der Waals surface area contributed by atoms with Crippen LogP contribution in [0.3, 0.4) is 0 Å². The van der Waals surface area contributed by atoms with Crippen LogP contribution in [0.5, 0.6) is 0 Å². The molecule has 0 unspecified atom stereocenters. The van der Waals surface area contributed by atoms with E-state index in [-0.39, 0.29) is 16.3 Å². The summed E-state index contributed by atoms with van der Waals surface area (Å²) in [7, 11) is -1.87. The summed E-state index contributed by atoms with van der Waals surface area (Å²) in [6.45, 7) is -2.52. The summed E-state index contributed by atoms with van der Waals surface area (Å²) < 4.78 is 23.0. The molecule has 2 rings (SSSR count). The summed E-state index contributed by atoms with van der Waals surface area (Å²) >= 11 is 5.69. The highest BCUT2D eigenvalue weighted by molar-refractivity contribution is 6.58. The third-order valence-corrected chi connectivity index (χ3v) is 2.15. The Morgan fingerprint density at radius 3 is 3.00 bits per heavy atom. The minimum atomic E-state index is -2.52. The van der Waals surface area contributed by atoms with Crippen molar-refractivity contribution < 1.29 is 14.2 Å². The zero-order valence-electron chi connectivity index (χ0n) is 9.98. The smallest absolute Gasteiger partial charge is 0.422 e. The SMILES string of the molecule is [2H]C([2H])([2H])n1c(B(O)O)cc2cc(Cl)ncc21. The molecule has 14 heavy (non-hydrogen) atoms. The number of hydrogen-bond acceptors (Lipinski definition) is 3. The van der Waals surface area contributed by atoms with Crippen molar-refractivity contribution in [2.45, 2.75) is 0 Å². The molecule has 0 amide bonds. The Labute approximate surface area is 90.1 Å². The van der Waals surface area contributed by atoms with Gasteiger partial charge in [-0.25, -0.2) is 4.98 Å². The first-order chi connectivity index (χ1) is 7.80. The molecule has 0 saturated carbocycles. The Morgan fingerprint density at radius 2 is 2.36 bits per heavy atom. The van der Waals surface area contributed by atoms with Crippen LogP contribution in [0.15, 0.2) is 18.3 Å². The van der Waals surface area contributed by atoms with Crippen LogP contribution in [0.1, 0.15) is 4.11 Å². The lowest BCUT2D eigenvalue weighted by Gasteiger charge is -2.01. The average molecular weight is 213 g/mol. The zero-order chi connectivity index (χ0) is 12.8. The quantitative estimate of drug-likeness (QED) is 0.514. The van der Waals surface area contributed by atoms with Gasteiger partial charge in [-0.15, -0.1) is 0 Å². The molecule has 0 saturated heterocycles. The van der Waals surface area contributed by atoms with Crippen molar-refractivity contribution in [2.24, 2.45) is 6.98 Å². The molecule has 6 heteroatoms. The Bertz CT molecular complexity index is 570. The first-order valence-corrected chi connectivity index (χ1v) is 4.22. The highest BCUT2D eigenvalue weighted by Crippen LogP contribution is 2.16. The molecule has 2 aromatic heterocycles. The Morgan fingerprint density at radius 1 is 1.57 bits per heavy atom. The van der Waals surface area contributed by atoms with Gasteiger partial charge in [0.25, 0.3) is 0 Å². The number of rotatable bonds is 1. The van der Waals surface area contributed by atoms with E-state index in [0.717, 1.165) is 4.57 Å². The number of halogens is 1. The largest absolute Gasteiger partial charge is 0.505 e. The fraction of sp³-hybridized carbons (Fsp3) is 0.125. The molecule has 0 bridgehead atoms. The van der Waals surface area contributed by atoms with Crippen molar-refractivity contribution in [3.63, 3.8) is 0 Å². The number of pyridine rings is 1. The molecule has 0 aliphatic carbocycles. The molecule has 0 fully saturated rings. The minimum Gasteiger partial charge on any atom is -0.422 e. The zero-order valence-corrected chi connectivity index (χ0v) is 7.73. The highest BCUT2D eigenvalue weighted by atomic mass is 35.5. The summed E-state index contributed by atoms with van der Waals surface area (Å²) in [4.78, 5) is 3.79. The molecule has 0 spiro atoms. The highest BCUT2D eigenvalue weighted by Gasteiger charge is 2.17. The van der Waals surface area contributed by atoms with Gasteiger partial charge in [0.2, 0.25) is 0 Å². The molecular formula is C8H8BClN2O2. The number of nitrogens with zero attached hydrogens (tertiary/aromatic N) is 2. The normalized spacial score (nSPS) is 14.9. The fourth-order valence-electron chi connectivity index (χ4n) is 1.29. The lowest BCUT2D eigenvalue weighted by atomic mass is 9.86. The van der Waals surface area contributed by atoms with Crippen molar-refractivity contribution in [1.82, 2.24) is 9.55 Å². The second-order valence-corrected chi connectivity index (χ2v) is 3.23. The van der Waals surface area contributed by atoms with Gasteiger partial charge in [0.15, 0.2) is 0 Å². The molecule has 0 aliphatic rings. The van der Waals surface area contributed by atoms with E-state index in [1.54, 1.807) is 0 Å². The average Bonchev–Trinajstić information content (AvgIpc) is 2.55. The molecule has 0 aliphatic heterocycles. The van der Waals surface area contributed by atoms with Crippen LogP contribution in [0.2, 0.25) is 5.15 Å². The van der Waals surface area contributed by atoms with E-state index in [4.69, 9.17) is 25.8 Å². The molecule has 0 radical (unpaired) electrons. The van der Waals surface area contributed by atoms with Crippen LogP contribution >= 0.6 is 11.6 Å². The summed E-state index contributed by atoms with van der Waals surface area (Å²) in [6.07, 6.45) is 1.29. The van der Waals surface area contributed by atoms with E-state index in [9.17, 15) is 0 Å². The summed E-state index contributed by atoms with van der Waals surface area (Å²) in [5, 5.41) is 19.0. The lowest BCUT2D eigenvalue weighted by molar-refractivity contribution is 0.423. The van der Waals surface area contributed by atoms with E-state index in [1.807, 2.05) is 0 Å². The van der Waals surface area contributed by atoms with Crippen molar-refractivity contribution in [1.29, 1.82) is 0 Å². The molecule has 2 heterocycles. The van der Waals surface area contributed by atoms with Crippen molar-refractivity contribution in [2.75, 3.05) is 0 Å². The van der Waals surface area contributed by atoms with Gasteiger partial charge in [0, 0.05) is 22.1 Å². The maximum absolute atomic E-state index is 9.17. The third-order valence-electron chi connectivity index (χ3n) is 1.95. The fourth-order valence-corrected chi connectivity index (χ4v) is 1.46. The third kappa shape index (κ3) is 1.39. The van der Waals surface area contributed by atoms with Crippen LogP contribution in [-0.4, -0.2) is 26.7 Å². The molecule has 2 N–H and O–H groups in total. The van der Waals surface area contributed by atoms with Gasteiger partial charge in [-0.1, -0.05) is 11.6 Å². The molecule has 72 valence electrons. The minimum absolute atomic E-state index is 0.121. The van der Waals surface area contributed by atoms with Gasteiger partial charge in [-0.05, 0) is 12.1 Å². The van der Waals surface area contributed by atoms with E-state index < -0.39 is 14.1 Å². The lowest BCUT2D eigenvalue weighted by Crippen LogP contribution is -2.34. The maximum Gasteiger partial charge on any atom is 0.505 e. The van der Waals surface area contributed by atoms with Gasteiger partial charge in [-0.2, -0.15) is 0 Å². The predicted molar refractivity (Wildman–Crippen MR) is 55.5 cm³/mol. The molecule has 2 aromatic rings. The molecule has 0 aromatic carbocycles. The Balaban J connectivity index is 2.81. The van der Waals surface area contributed by atoms with Gasteiger partial charge in [-0.3, -0.25) is 0 Å². The van der Waals surface area contributed by atoms with E-state index >= 15 is 0 Å². The number of aromatic nitrogens is 2. The van der Waals surface area contributed by atoms with Crippen LogP contribution in [0.25, 0.3) is 10.9 Å². The number of fused-ring (bicyclic) bond motifs is 1. The molecule has 4 nitrogen and oxygen atoms in total. The van der Waals surface area contributed by atoms with Crippen LogP contribution < -0.4 is 5.59 Å². The second-order valence-electron chi connectivity index (χ2n) is 2.84. The van der Waals surface area contributed by atoms with Gasteiger partial charge >= 0.3 is 7.12 Å². The predicted octanol–water partition coefficient (Wildman–Crippen LogP) is -0.0935. The van der Waals surface area contributed by atoms with E-state index in [2.05, 4.69) is 4.98 Å². The number of hydrogen-bond donors (Lipinski definition) is 2. The van der Waals surface area contributed by atoms with Gasteiger partial charge in [0.1, 0.15) is 5.15 Å². The van der Waals surface area contributed by atoms with Crippen LogP contribution in [-0.2, 0) is 6.98 Å². The first-order valence-electron chi connectivity index (χ1n) is 5.34. The van der Waals surface area contributed by atoms with Crippen LogP contribution in [0, 0.1) is 0 Å². The van der Waals surface area contributed by atoms with Gasteiger partial charge < -0.3 is 14.6 Å². The summed E-state index contributed by atoms with van der Waals surface area (Å²) in [5.74, 6) is 0. The van der Waals surface area contributed by atoms with Gasteiger partial charge in [0.05, 0.1) is 11.7 Å². The Hall–Kier alpha value is -1.04. The maximum atomic E-state index is 9.17. The van der Waals surface area contributed by atoms with Crippen molar-refractivity contribution >= 4 is 35.2 Å². The van der Waals surface area contributed by atoms with E-state index in [0.29, 0.717) is 5.39 Å². The molecule has 0 atom stereocenters. The number of aryl methyl sites for hydroxylation is 1. The monoisotopic (exact) mass is 213 g/mol. The molecular weight excluding hydrogens is 202 g/mol. The van der Waals surface area contributed by atoms with Crippen molar-refractivity contribution in [3.8, 4) is 0 Å². The Kier molecular flexibility index (Phi) is 1.51. The first kappa shape index (κ1) is 6.45. The van der Waals surface area contributed by atoms with Crippen molar-refractivity contribution in [3.05, 3.63) is 23.5 Å². The van der Waals surface area contributed by atoms with Crippen LogP contribution in [0.4, 0.5) is 0 Å².